The summed E-state index contributed by atoms with van der Waals surface area (Å²) < 4.78 is 13.0. The number of rotatable bonds is 9. The smallest absolute Gasteiger partial charge is 0.233 e. The van der Waals surface area contributed by atoms with E-state index in [1.807, 2.05) is 54.0 Å². The molecule has 1 fully saturated rings. The van der Waals surface area contributed by atoms with Crippen LogP contribution in [0.1, 0.15) is 24.2 Å². The standard InChI is InChI=1S/C25H28ClN5O4S/c1-16-5-6-18(12-21(16)26)31-22(14-35-20-9-7-19(34-2)8-10-20)28-29-25(31)36-15-23(32)30-11-3-4-17(13-30)24(27)33/h5-10,12,17H,3-4,11,13-15H2,1-2H3,(H2,27,33). The molecule has 0 aliphatic carbocycles. The quantitative estimate of drug-likeness (QED) is 0.421. The van der Waals surface area contributed by atoms with Gasteiger partial charge >= 0.3 is 0 Å². The van der Waals surface area contributed by atoms with Crippen molar-refractivity contribution in [2.75, 3.05) is 26.0 Å². The molecule has 0 spiro atoms. The normalized spacial score (nSPS) is 15.5. The summed E-state index contributed by atoms with van der Waals surface area (Å²) in [5.74, 6) is 1.38. The van der Waals surface area contributed by atoms with Crippen LogP contribution in [0.2, 0.25) is 5.02 Å². The number of amides is 2. The van der Waals surface area contributed by atoms with Crippen molar-refractivity contribution in [1.82, 2.24) is 19.7 Å². The number of thioether (sulfide) groups is 1. The van der Waals surface area contributed by atoms with E-state index in [1.165, 1.54) is 11.8 Å². The Hall–Kier alpha value is -3.24. The fourth-order valence-electron chi connectivity index (χ4n) is 3.94. The Labute approximate surface area is 218 Å². The monoisotopic (exact) mass is 529 g/mol. The molecule has 36 heavy (non-hydrogen) atoms. The number of primary amides is 1. The highest BCUT2D eigenvalue weighted by molar-refractivity contribution is 7.99. The number of piperidine rings is 1. The molecule has 0 bridgehead atoms. The number of carbonyl (C=O) groups is 2. The molecule has 1 unspecified atom stereocenters. The van der Waals surface area contributed by atoms with Crippen LogP contribution < -0.4 is 15.2 Å². The summed E-state index contributed by atoms with van der Waals surface area (Å²) in [5, 5.41) is 9.82. The first-order valence-corrected chi connectivity index (χ1v) is 12.9. The summed E-state index contributed by atoms with van der Waals surface area (Å²) in [6, 6.07) is 12.9. The number of ether oxygens (including phenoxy) is 2. The number of hydrogen-bond donors (Lipinski definition) is 1. The van der Waals surface area contributed by atoms with Crippen molar-refractivity contribution in [2.45, 2.75) is 31.5 Å². The number of aromatic nitrogens is 3. The molecule has 3 aromatic rings. The Balaban J connectivity index is 1.52. The highest BCUT2D eigenvalue weighted by atomic mass is 35.5. The summed E-state index contributed by atoms with van der Waals surface area (Å²) in [5.41, 5.74) is 7.17. The van der Waals surface area contributed by atoms with Gasteiger partial charge in [0.05, 0.1) is 24.5 Å². The van der Waals surface area contributed by atoms with Gasteiger partial charge in [-0.05, 0) is 61.7 Å². The lowest BCUT2D eigenvalue weighted by molar-refractivity contribution is -0.132. The number of nitrogens with zero attached hydrogens (tertiary/aromatic N) is 4. The maximum absolute atomic E-state index is 12.9. The second-order valence-corrected chi connectivity index (χ2v) is 9.85. The molecule has 2 amide bonds. The van der Waals surface area contributed by atoms with Gasteiger partial charge in [-0.15, -0.1) is 10.2 Å². The maximum Gasteiger partial charge on any atom is 0.233 e. The second kappa shape index (κ2) is 11.7. The lowest BCUT2D eigenvalue weighted by atomic mass is 9.97. The number of benzene rings is 2. The predicted octanol–water partition coefficient (Wildman–Crippen LogP) is 3.63. The molecule has 1 aliphatic heterocycles. The molecular formula is C25H28ClN5O4S. The van der Waals surface area contributed by atoms with Gasteiger partial charge in [-0.3, -0.25) is 14.2 Å². The van der Waals surface area contributed by atoms with Crippen molar-refractivity contribution in [2.24, 2.45) is 11.7 Å². The van der Waals surface area contributed by atoms with Crippen LogP contribution in [-0.4, -0.2) is 57.4 Å². The van der Waals surface area contributed by atoms with Crippen LogP contribution in [0.4, 0.5) is 0 Å². The lowest BCUT2D eigenvalue weighted by Gasteiger charge is -2.31. The van der Waals surface area contributed by atoms with Gasteiger partial charge in [0.2, 0.25) is 11.8 Å². The van der Waals surface area contributed by atoms with Gasteiger partial charge in [-0.2, -0.15) is 0 Å². The zero-order valence-electron chi connectivity index (χ0n) is 20.1. The van der Waals surface area contributed by atoms with Crippen LogP contribution in [0.3, 0.4) is 0 Å². The highest BCUT2D eigenvalue weighted by Crippen LogP contribution is 2.27. The minimum absolute atomic E-state index is 0.0709. The van der Waals surface area contributed by atoms with Crippen molar-refractivity contribution in [3.05, 3.63) is 58.9 Å². The van der Waals surface area contributed by atoms with Gasteiger partial charge in [0.25, 0.3) is 0 Å². The molecule has 1 saturated heterocycles. The fourth-order valence-corrected chi connectivity index (χ4v) is 4.99. The molecule has 2 N–H and O–H groups in total. The number of carbonyl (C=O) groups excluding carboxylic acids is 2. The fraction of sp³-hybridized carbons (Fsp3) is 0.360. The van der Waals surface area contributed by atoms with Gasteiger partial charge in [0.1, 0.15) is 18.1 Å². The van der Waals surface area contributed by atoms with E-state index in [9.17, 15) is 9.59 Å². The van der Waals surface area contributed by atoms with Crippen LogP contribution in [0.15, 0.2) is 47.6 Å². The summed E-state index contributed by atoms with van der Waals surface area (Å²) in [6.45, 7) is 3.06. The molecule has 1 atom stereocenters. The first kappa shape index (κ1) is 25.8. The average molecular weight is 530 g/mol. The van der Waals surface area contributed by atoms with Gasteiger partial charge in [-0.25, -0.2) is 0 Å². The molecule has 0 saturated carbocycles. The maximum atomic E-state index is 12.9. The number of halogens is 1. The van der Waals surface area contributed by atoms with E-state index in [0.29, 0.717) is 41.3 Å². The van der Waals surface area contributed by atoms with Gasteiger partial charge in [-0.1, -0.05) is 29.4 Å². The van der Waals surface area contributed by atoms with E-state index in [4.69, 9.17) is 26.8 Å². The van der Waals surface area contributed by atoms with Gasteiger partial charge in [0.15, 0.2) is 11.0 Å². The third-order valence-electron chi connectivity index (χ3n) is 6.04. The molecule has 1 aromatic heterocycles. The molecule has 1 aliphatic rings. The highest BCUT2D eigenvalue weighted by Gasteiger charge is 2.27. The van der Waals surface area contributed by atoms with Crippen molar-refractivity contribution in [3.63, 3.8) is 0 Å². The summed E-state index contributed by atoms with van der Waals surface area (Å²) in [7, 11) is 1.61. The Bertz CT molecular complexity index is 1230. The number of hydrogen-bond acceptors (Lipinski definition) is 7. The van der Waals surface area contributed by atoms with Crippen LogP contribution in [0.5, 0.6) is 11.5 Å². The minimum atomic E-state index is -0.363. The zero-order valence-corrected chi connectivity index (χ0v) is 21.7. The van der Waals surface area contributed by atoms with E-state index in [-0.39, 0.29) is 30.1 Å². The SMILES string of the molecule is COc1ccc(OCc2nnc(SCC(=O)N3CCCC(C(N)=O)C3)n2-c2ccc(C)c(Cl)c2)cc1. The topological polar surface area (TPSA) is 113 Å². The van der Waals surface area contributed by atoms with Crippen LogP contribution in [0.25, 0.3) is 5.69 Å². The summed E-state index contributed by atoms with van der Waals surface area (Å²) in [6.07, 6.45) is 1.47. The van der Waals surface area contributed by atoms with Crippen LogP contribution in [-0.2, 0) is 16.2 Å². The molecular weight excluding hydrogens is 502 g/mol. The average Bonchev–Trinajstić information content (AvgIpc) is 3.30. The molecule has 2 aromatic carbocycles. The van der Waals surface area contributed by atoms with Crippen LogP contribution >= 0.6 is 23.4 Å². The Morgan fingerprint density at radius 3 is 2.61 bits per heavy atom. The Morgan fingerprint density at radius 1 is 1.17 bits per heavy atom. The number of aryl methyl sites for hydroxylation is 1. The Kier molecular flexibility index (Phi) is 8.37. The number of methoxy groups -OCH3 is 1. The number of nitrogens with two attached hydrogens (primary N) is 1. The van der Waals surface area contributed by atoms with Crippen LogP contribution in [0, 0.1) is 12.8 Å². The lowest BCUT2D eigenvalue weighted by Crippen LogP contribution is -2.44. The third kappa shape index (κ3) is 6.11. The van der Waals surface area contributed by atoms with E-state index < -0.39 is 0 Å². The zero-order chi connectivity index (χ0) is 25.7. The Morgan fingerprint density at radius 2 is 1.92 bits per heavy atom. The van der Waals surface area contributed by atoms with Crippen molar-refractivity contribution < 1.29 is 19.1 Å². The first-order valence-electron chi connectivity index (χ1n) is 11.5. The first-order chi connectivity index (χ1) is 17.4. The largest absolute Gasteiger partial charge is 0.497 e. The molecule has 9 nitrogen and oxygen atoms in total. The van der Waals surface area contributed by atoms with E-state index >= 15 is 0 Å². The van der Waals surface area contributed by atoms with Crippen molar-refractivity contribution >= 4 is 35.2 Å². The second-order valence-electron chi connectivity index (χ2n) is 8.50. The summed E-state index contributed by atoms with van der Waals surface area (Å²) >= 11 is 7.68. The van der Waals surface area contributed by atoms with Gasteiger partial charge < -0.3 is 20.1 Å². The van der Waals surface area contributed by atoms with E-state index in [2.05, 4.69) is 10.2 Å². The molecule has 11 heteroatoms. The van der Waals surface area contributed by atoms with E-state index in [1.54, 1.807) is 12.0 Å². The van der Waals surface area contributed by atoms with Gasteiger partial charge in [0, 0.05) is 18.1 Å². The van der Waals surface area contributed by atoms with Crippen molar-refractivity contribution in [3.8, 4) is 17.2 Å². The minimum Gasteiger partial charge on any atom is -0.497 e. The molecule has 2 heterocycles. The molecule has 4 rings (SSSR count). The molecule has 0 radical (unpaired) electrons. The predicted molar refractivity (Wildman–Crippen MR) is 138 cm³/mol. The van der Waals surface area contributed by atoms with Crippen molar-refractivity contribution in [1.29, 1.82) is 0 Å². The molecule has 190 valence electrons. The van der Waals surface area contributed by atoms with E-state index in [0.717, 1.165) is 23.4 Å². The third-order valence-corrected chi connectivity index (χ3v) is 7.36. The number of likely N-dealkylation sites (tertiary alicyclic amines) is 1. The summed E-state index contributed by atoms with van der Waals surface area (Å²) in [4.78, 5) is 26.2.